The van der Waals surface area contributed by atoms with E-state index >= 15 is 0 Å². The second-order valence-electron chi connectivity index (χ2n) is 2.66. The van der Waals surface area contributed by atoms with Crippen LogP contribution in [0.4, 0.5) is 0 Å². The van der Waals surface area contributed by atoms with Crippen LogP contribution in [0.15, 0.2) is 18.2 Å². The largest absolute Gasteiger partial charge is 0.495 e. The average Bonchev–Trinajstić information content (AvgIpc) is 2.25. The Morgan fingerprint density at radius 2 is 2.33 bits per heavy atom. The Bertz CT molecular complexity index is 408. The molecule has 0 radical (unpaired) electrons. The van der Waals surface area contributed by atoms with E-state index in [0.717, 1.165) is 0 Å². The Morgan fingerprint density at radius 3 is 2.87 bits per heavy atom. The number of hydrogen-bond acceptors (Lipinski definition) is 4. The Hall–Kier alpha value is -2.22. The van der Waals surface area contributed by atoms with Crippen LogP contribution >= 0.6 is 0 Å². The molecule has 0 saturated heterocycles. The van der Waals surface area contributed by atoms with Gasteiger partial charge in [-0.05, 0) is 12.1 Å². The van der Waals surface area contributed by atoms with Crippen LogP contribution in [-0.4, -0.2) is 24.8 Å². The molecule has 0 fully saturated rings. The summed E-state index contributed by atoms with van der Waals surface area (Å²) < 4.78 is 9.85. The fraction of sp³-hybridized carbons (Fsp3) is 0.200. The first-order valence-electron chi connectivity index (χ1n) is 4.10. The number of ether oxygens (including phenoxy) is 2. The maximum atomic E-state index is 10.2. The zero-order valence-corrected chi connectivity index (χ0v) is 8.06. The van der Waals surface area contributed by atoms with Crippen molar-refractivity contribution in [3.8, 4) is 17.6 Å². The van der Waals surface area contributed by atoms with Crippen LogP contribution in [-0.2, 0) is 4.79 Å². The second kappa shape index (κ2) is 4.86. The molecule has 0 aromatic heterocycles. The number of nitrogens with zero attached hydrogens (tertiary/aromatic N) is 1. The van der Waals surface area contributed by atoms with Crippen molar-refractivity contribution in [2.45, 2.75) is 0 Å². The highest BCUT2D eigenvalue weighted by molar-refractivity contribution is 5.68. The summed E-state index contributed by atoms with van der Waals surface area (Å²) in [5.74, 6) is -0.341. The van der Waals surface area contributed by atoms with Gasteiger partial charge < -0.3 is 14.6 Å². The van der Waals surface area contributed by atoms with Crippen molar-refractivity contribution in [2.24, 2.45) is 0 Å². The number of methoxy groups -OCH3 is 1. The fourth-order valence-corrected chi connectivity index (χ4v) is 0.999. The van der Waals surface area contributed by atoms with Crippen LogP contribution < -0.4 is 9.47 Å². The van der Waals surface area contributed by atoms with Crippen LogP contribution in [0.5, 0.6) is 11.5 Å². The van der Waals surface area contributed by atoms with Crippen LogP contribution in [0.25, 0.3) is 0 Å². The molecule has 0 aliphatic carbocycles. The number of aliphatic carboxylic acids is 1. The molecular formula is C10H9NO4. The van der Waals surface area contributed by atoms with E-state index in [1.807, 2.05) is 6.07 Å². The molecule has 0 aliphatic heterocycles. The van der Waals surface area contributed by atoms with E-state index in [1.54, 1.807) is 0 Å². The van der Waals surface area contributed by atoms with Gasteiger partial charge in [0, 0.05) is 6.07 Å². The molecule has 0 amide bonds. The summed E-state index contributed by atoms with van der Waals surface area (Å²) in [6.07, 6.45) is 0. The first kappa shape index (κ1) is 10.9. The van der Waals surface area contributed by atoms with E-state index in [1.165, 1.54) is 25.3 Å². The molecule has 0 aliphatic rings. The van der Waals surface area contributed by atoms with Gasteiger partial charge in [-0.25, -0.2) is 4.79 Å². The van der Waals surface area contributed by atoms with E-state index in [-0.39, 0.29) is 0 Å². The van der Waals surface area contributed by atoms with Gasteiger partial charge in [-0.2, -0.15) is 5.26 Å². The van der Waals surface area contributed by atoms with Gasteiger partial charge in [0.1, 0.15) is 17.6 Å². The summed E-state index contributed by atoms with van der Waals surface area (Å²) in [4.78, 5) is 10.2. The summed E-state index contributed by atoms with van der Waals surface area (Å²) in [7, 11) is 1.43. The number of carboxylic acid groups (broad SMARTS) is 1. The third kappa shape index (κ3) is 2.88. The van der Waals surface area contributed by atoms with Crippen molar-refractivity contribution in [1.82, 2.24) is 0 Å². The third-order valence-electron chi connectivity index (χ3n) is 1.66. The SMILES string of the molecule is COc1cc(OCC(=O)O)ccc1C#N. The van der Waals surface area contributed by atoms with E-state index in [9.17, 15) is 4.79 Å². The molecule has 0 atom stereocenters. The van der Waals surface area contributed by atoms with Crippen molar-refractivity contribution >= 4 is 5.97 Å². The molecule has 0 heterocycles. The topological polar surface area (TPSA) is 79.6 Å². The highest BCUT2D eigenvalue weighted by atomic mass is 16.5. The number of carboxylic acids is 1. The van der Waals surface area contributed by atoms with Crippen LogP contribution in [0.1, 0.15) is 5.56 Å². The molecule has 1 rings (SSSR count). The quantitative estimate of drug-likeness (QED) is 0.797. The van der Waals surface area contributed by atoms with Gasteiger partial charge in [0.05, 0.1) is 12.7 Å². The first-order chi connectivity index (χ1) is 7.17. The summed E-state index contributed by atoms with van der Waals surface area (Å²) in [6.45, 7) is -0.422. The van der Waals surface area contributed by atoms with Gasteiger partial charge in [-0.3, -0.25) is 0 Å². The minimum atomic E-state index is -1.06. The molecule has 5 nitrogen and oxygen atoms in total. The van der Waals surface area contributed by atoms with E-state index < -0.39 is 12.6 Å². The molecule has 1 aromatic carbocycles. The Labute approximate surface area is 86.5 Å². The lowest BCUT2D eigenvalue weighted by atomic mass is 10.2. The molecule has 0 unspecified atom stereocenters. The molecule has 5 heteroatoms. The van der Waals surface area contributed by atoms with Gasteiger partial charge in [0.15, 0.2) is 6.61 Å². The lowest BCUT2D eigenvalue weighted by Crippen LogP contribution is -2.09. The minimum absolute atomic E-state index is 0.355. The predicted octanol–water partition coefficient (Wildman–Crippen LogP) is 1.03. The Balaban J connectivity index is 2.84. The molecule has 0 bridgehead atoms. The van der Waals surface area contributed by atoms with Gasteiger partial charge in [0.2, 0.25) is 0 Å². The maximum absolute atomic E-state index is 10.2. The van der Waals surface area contributed by atoms with E-state index in [2.05, 4.69) is 0 Å². The normalized spacial score (nSPS) is 9.07. The van der Waals surface area contributed by atoms with Crippen LogP contribution in [0.2, 0.25) is 0 Å². The van der Waals surface area contributed by atoms with Gasteiger partial charge >= 0.3 is 5.97 Å². The molecule has 15 heavy (non-hydrogen) atoms. The predicted molar refractivity (Wildman–Crippen MR) is 50.8 cm³/mol. The molecule has 1 N–H and O–H groups in total. The smallest absolute Gasteiger partial charge is 0.341 e. The monoisotopic (exact) mass is 207 g/mol. The maximum Gasteiger partial charge on any atom is 0.341 e. The molecule has 0 saturated carbocycles. The zero-order valence-electron chi connectivity index (χ0n) is 8.06. The minimum Gasteiger partial charge on any atom is -0.495 e. The molecule has 78 valence electrons. The van der Waals surface area contributed by atoms with Gasteiger partial charge in [-0.1, -0.05) is 0 Å². The van der Waals surface area contributed by atoms with Crippen molar-refractivity contribution in [3.05, 3.63) is 23.8 Å². The van der Waals surface area contributed by atoms with E-state index in [0.29, 0.717) is 17.1 Å². The number of benzene rings is 1. The fourth-order valence-electron chi connectivity index (χ4n) is 0.999. The second-order valence-corrected chi connectivity index (χ2v) is 2.66. The van der Waals surface area contributed by atoms with Crippen molar-refractivity contribution < 1.29 is 19.4 Å². The summed E-state index contributed by atoms with van der Waals surface area (Å²) in [5, 5.41) is 17.1. The number of rotatable bonds is 4. The highest BCUT2D eigenvalue weighted by Gasteiger charge is 2.05. The number of hydrogen-bond donors (Lipinski definition) is 1. The summed E-state index contributed by atoms with van der Waals surface area (Å²) >= 11 is 0. The van der Waals surface area contributed by atoms with Crippen LogP contribution in [0.3, 0.4) is 0 Å². The highest BCUT2D eigenvalue weighted by Crippen LogP contribution is 2.23. The number of carbonyl (C=O) groups is 1. The first-order valence-corrected chi connectivity index (χ1v) is 4.10. The molecule has 1 aromatic rings. The average molecular weight is 207 g/mol. The van der Waals surface area contributed by atoms with Gasteiger partial charge in [0.25, 0.3) is 0 Å². The van der Waals surface area contributed by atoms with Crippen molar-refractivity contribution in [1.29, 1.82) is 5.26 Å². The van der Waals surface area contributed by atoms with Crippen molar-refractivity contribution in [3.63, 3.8) is 0 Å². The summed E-state index contributed by atoms with van der Waals surface area (Å²) in [6, 6.07) is 6.44. The third-order valence-corrected chi connectivity index (χ3v) is 1.66. The lowest BCUT2D eigenvalue weighted by molar-refractivity contribution is -0.139. The van der Waals surface area contributed by atoms with Crippen LogP contribution in [0, 0.1) is 11.3 Å². The van der Waals surface area contributed by atoms with E-state index in [4.69, 9.17) is 19.8 Å². The van der Waals surface area contributed by atoms with Crippen molar-refractivity contribution in [2.75, 3.05) is 13.7 Å². The molecule has 0 spiro atoms. The number of nitriles is 1. The summed E-state index contributed by atoms with van der Waals surface area (Å²) in [5.41, 5.74) is 0.375. The molecular weight excluding hydrogens is 198 g/mol. The van der Waals surface area contributed by atoms with Gasteiger partial charge in [-0.15, -0.1) is 0 Å². The Kier molecular flexibility index (Phi) is 3.52. The zero-order chi connectivity index (χ0) is 11.3. The lowest BCUT2D eigenvalue weighted by Gasteiger charge is -2.06. The Morgan fingerprint density at radius 1 is 1.60 bits per heavy atom. The standard InChI is InChI=1S/C10H9NO4/c1-14-9-4-8(15-6-10(12)13)3-2-7(9)5-11/h2-4H,6H2,1H3,(H,12,13).